The van der Waals surface area contributed by atoms with Crippen molar-refractivity contribution in [1.29, 1.82) is 0 Å². The predicted octanol–water partition coefficient (Wildman–Crippen LogP) is 0.333. The van der Waals surface area contributed by atoms with Crippen LogP contribution in [-0.4, -0.2) is 77.5 Å². The number of hydrogen-bond acceptors (Lipinski definition) is 8. The molecule has 7 N–H and O–H groups in total. The molecule has 0 bridgehead atoms. The van der Waals surface area contributed by atoms with Crippen LogP contribution < -0.4 is 22.5 Å². The van der Waals surface area contributed by atoms with Crippen LogP contribution in [0.15, 0.2) is 0 Å². The average molecular weight is 433 g/mol. The average Bonchev–Trinajstić information content (AvgIpc) is 2.74. The summed E-state index contributed by atoms with van der Waals surface area (Å²) in [6.45, 7) is 4.37. The van der Waals surface area contributed by atoms with Gasteiger partial charge in [0, 0.05) is 32.6 Å². The lowest BCUT2D eigenvalue weighted by Gasteiger charge is -2.18. The summed E-state index contributed by atoms with van der Waals surface area (Å²) in [5.41, 5.74) is 17.0. The molecule has 0 aromatic carbocycles. The van der Waals surface area contributed by atoms with Crippen LogP contribution in [0.3, 0.4) is 0 Å². The number of ether oxygens (including phenoxy) is 3. The number of hydrogen-bond donors (Lipinski definition) is 4. The van der Waals surface area contributed by atoms with E-state index in [0.29, 0.717) is 71.9 Å². The van der Waals surface area contributed by atoms with Gasteiger partial charge in [-0.25, -0.2) is 0 Å². The summed E-state index contributed by atoms with van der Waals surface area (Å²) in [4.78, 5) is 25.0. The van der Waals surface area contributed by atoms with Gasteiger partial charge in [-0.05, 0) is 45.2 Å². The van der Waals surface area contributed by atoms with Gasteiger partial charge in [0.05, 0.1) is 32.5 Å². The van der Waals surface area contributed by atoms with E-state index in [-0.39, 0.29) is 24.0 Å². The zero-order chi connectivity index (χ0) is 22.5. The topological polar surface area (TPSA) is 152 Å². The van der Waals surface area contributed by atoms with Crippen LogP contribution in [0.1, 0.15) is 51.4 Å². The smallest absolute Gasteiger partial charge is 0.223 e. The maximum Gasteiger partial charge on any atom is 0.223 e. The highest BCUT2D eigenvalue weighted by Gasteiger charge is 2.24. The molecule has 30 heavy (non-hydrogen) atoms. The van der Waals surface area contributed by atoms with Gasteiger partial charge in [0.25, 0.3) is 0 Å². The van der Waals surface area contributed by atoms with Crippen LogP contribution in [0.25, 0.3) is 0 Å². The number of nitrogens with two attached hydrogens (primary N) is 3. The van der Waals surface area contributed by atoms with Crippen molar-refractivity contribution < 1.29 is 23.8 Å². The Labute approximate surface area is 181 Å². The molecule has 0 aliphatic carbocycles. The highest BCUT2D eigenvalue weighted by Crippen LogP contribution is 2.16. The van der Waals surface area contributed by atoms with Gasteiger partial charge in [-0.1, -0.05) is 12.8 Å². The highest BCUT2D eigenvalue weighted by atomic mass is 16.5. The van der Waals surface area contributed by atoms with Crippen molar-refractivity contribution in [3.8, 4) is 0 Å². The summed E-state index contributed by atoms with van der Waals surface area (Å²) in [7, 11) is 1.63. The zero-order valence-corrected chi connectivity index (χ0v) is 18.7. The number of Topliss-reactive ketones (excluding diaryl/α,β-unsaturated/α-hetero) is 1. The summed E-state index contributed by atoms with van der Waals surface area (Å²) >= 11 is 0. The lowest BCUT2D eigenvalue weighted by atomic mass is 9.91. The third kappa shape index (κ3) is 16.7. The molecule has 178 valence electrons. The minimum absolute atomic E-state index is 0.0586. The fourth-order valence-electron chi connectivity index (χ4n) is 2.92. The van der Waals surface area contributed by atoms with Gasteiger partial charge in [-0.2, -0.15) is 0 Å². The molecule has 0 aromatic rings. The van der Waals surface area contributed by atoms with Crippen LogP contribution in [0.4, 0.5) is 0 Å². The third-order valence-corrected chi connectivity index (χ3v) is 4.78. The van der Waals surface area contributed by atoms with Crippen LogP contribution in [0.2, 0.25) is 0 Å². The van der Waals surface area contributed by atoms with E-state index < -0.39 is 6.04 Å². The molecule has 0 unspecified atom stereocenters. The predicted molar refractivity (Wildman–Crippen MR) is 118 cm³/mol. The first-order valence-corrected chi connectivity index (χ1v) is 11.2. The molecule has 1 amide bonds. The Balaban J connectivity index is 4.15. The Kier molecular flexibility index (Phi) is 20.4. The normalized spacial score (nSPS) is 13.2. The number of carbonyl (C=O) groups excluding carboxylic acids is 2. The lowest BCUT2D eigenvalue weighted by Crippen LogP contribution is -2.37. The fourth-order valence-corrected chi connectivity index (χ4v) is 2.92. The van der Waals surface area contributed by atoms with Gasteiger partial charge in [0.2, 0.25) is 5.91 Å². The van der Waals surface area contributed by atoms with Crippen molar-refractivity contribution in [2.24, 2.45) is 23.1 Å². The van der Waals surface area contributed by atoms with Crippen molar-refractivity contribution >= 4 is 11.7 Å². The minimum atomic E-state index is -0.527. The second-order valence-corrected chi connectivity index (χ2v) is 7.40. The van der Waals surface area contributed by atoms with Gasteiger partial charge < -0.3 is 36.7 Å². The van der Waals surface area contributed by atoms with E-state index in [1.54, 1.807) is 7.11 Å². The Morgan fingerprint density at radius 1 is 0.833 bits per heavy atom. The zero-order valence-electron chi connectivity index (χ0n) is 18.7. The van der Waals surface area contributed by atoms with E-state index in [1.807, 2.05) is 0 Å². The first-order valence-electron chi connectivity index (χ1n) is 11.2. The van der Waals surface area contributed by atoms with E-state index in [2.05, 4.69) is 5.32 Å². The molecule has 0 rings (SSSR count). The molecule has 0 aliphatic rings. The molecule has 0 saturated carbocycles. The molecular weight excluding hydrogens is 388 g/mol. The quantitative estimate of drug-likeness (QED) is 0.179. The SMILES string of the molecule is COCCOCCOCCCNC(=O)[C@H](CCCCN)CC(=O)[C@@H](N)CCCCN. The Hall–Kier alpha value is -1.10. The molecule has 0 heterocycles. The number of methoxy groups -OCH3 is 1. The van der Waals surface area contributed by atoms with Gasteiger partial charge >= 0.3 is 0 Å². The van der Waals surface area contributed by atoms with E-state index in [0.717, 1.165) is 25.7 Å². The number of carbonyl (C=O) groups is 2. The van der Waals surface area contributed by atoms with Crippen LogP contribution >= 0.6 is 0 Å². The number of amides is 1. The summed E-state index contributed by atoms with van der Waals surface area (Å²) < 4.78 is 15.7. The van der Waals surface area contributed by atoms with Gasteiger partial charge in [-0.15, -0.1) is 0 Å². The number of ketones is 1. The molecule has 0 radical (unpaired) electrons. The highest BCUT2D eigenvalue weighted by molar-refractivity contribution is 5.89. The van der Waals surface area contributed by atoms with Crippen molar-refractivity contribution in [2.45, 2.75) is 57.4 Å². The molecule has 0 aromatic heterocycles. The summed E-state index contributed by atoms with van der Waals surface area (Å²) in [6.07, 6.45) is 5.45. The van der Waals surface area contributed by atoms with Crippen molar-refractivity contribution in [3.63, 3.8) is 0 Å². The maximum atomic E-state index is 12.6. The van der Waals surface area contributed by atoms with Gasteiger partial charge in [0.15, 0.2) is 0 Å². The number of unbranched alkanes of at least 4 members (excludes halogenated alkanes) is 2. The molecule has 0 aliphatic heterocycles. The lowest BCUT2D eigenvalue weighted by molar-refractivity contribution is -0.130. The van der Waals surface area contributed by atoms with Crippen molar-refractivity contribution in [1.82, 2.24) is 5.32 Å². The molecular formula is C21H44N4O5. The summed E-state index contributed by atoms with van der Waals surface area (Å²) in [6, 6.07) is -0.527. The van der Waals surface area contributed by atoms with E-state index in [9.17, 15) is 9.59 Å². The Morgan fingerprint density at radius 2 is 1.43 bits per heavy atom. The second-order valence-electron chi connectivity index (χ2n) is 7.40. The van der Waals surface area contributed by atoms with Crippen LogP contribution in [-0.2, 0) is 23.8 Å². The van der Waals surface area contributed by atoms with Gasteiger partial charge in [0.1, 0.15) is 5.78 Å². The number of nitrogens with one attached hydrogen (secondary N) is 1. The molecule has 9 nitrogen and oxygen atoms in total. The van der Waals surface area contributed by atoms with E-state index >= 15 is 0 Å². The van der Waals surface area contributed by atoms with Gasteiger partial charge in [-0.3, -0.25) is 9.59 Å². The first kappa shape index (κ1) is 28.9. The summed E-state index contributed by atoms with van der Waals surface area (Å²) in [5.74, 6) is -0.520. The summed E-state index contributed by atoms with van der Waals surface area (Å²) in [5, 5.41) is 2.92. The molecule has 0 saturated heterocycles. The second kappa shape index (κ2) is 21.1. The Bertz CT molecular complexity index is 426. The number of rotatable bonds is 22. The largest absolute Gasteiger partial charge is 0.382 e. The first-order chi connectivity index (χ1) is 14.6. The fraction of sp³-hybridized carbons (Fsp3) is 0.905. The molecule has 2 atom stereocenters. The standard InChI is InChI=1S/C21H44N4O5/c1-28-13-14-30-16-15-29-12-6-11-25-21(27)18(7-2-4-9-22)17-20(26)19(24)8-3-5-10-23/h18-19H,2-17,22-24H2,1H3,(H,25,27)/t18-,19+/m1/s1. The third-order valence-electron chi connectivity index (χ3n) is 4.78. The van der Waals surface area contributed by atoms with E-state index in [4.69, 9.17) is 31.4 Å². The molecule has 0 spiro atoms. The van der Waals surface area contributed by atoms with Crippen LogP contribution in [0, 0.1) is 5.92 Å². The van der Waals surface area contributed by atoms with Crippen molar-refractivity contribution in [2.75, 3.05) is 59.8 Å². The Morgan fingerprint density at radius 3 is 2.07 bits per heavy atom. The van der Waals surface area contributed by atoms with E-state index in [1.165, 1.54) is 0 Å². The monoisotopic (exact) mass is 432 g/mol. The maximum absolute atomic E-state index is 12.6. The van der Waals surface area contributed by atoms with Crippen molar-refractivity contribution in [3.05, 3.63) is 0 Å². The minimum Gasteiger partial charge on any atom is -0.382 e. The molecule has 0 fully saturated rings. The van der Waals surface area contributed by atoms with Crippen LogP contribution in [0.5, 0.6) is 0 Å². The molecule has 9 heteroatoms.